The van der Waals surface area contributed by atoms with Gasteiger partial charge in [-0.3, -0.25) is 9.36 Å². The van der Waals surface area contributed by atoms with E-state index in [0.29, 0.717) is 0 Å². The van der Waals surface area contributed by atoms with Gasteiger partial charge in [-0.2, -0.15) is 13.2 Å². The lowest BCUT2D eigenvalue weighted by molar-refractivity contribution is -0.205. The van der Waals surface area contributed by atoms with Crippen molar-refractivity contribution in [2.24, 2.45) is 0 Å². The van der Waals surface area contributed by atoms with E-state index in [1.807, 2.05) is 0 Å². The predicted molar refractivity (Wildman–Crippen MR) is 46.5 cm³/mol. The Hall–Kier alpha value is -1.67. The van der Waals surface area contributed by atoms with Crippen molar-refractivity contribution >= 4 is 5.97 Å². The maximum absolute atomic E-state index is 12.5. The Bertz CT molecular complexity index is 413. The fourth-order valence-electron chi connectivity index (χ4n) is 1.35. The molecule has 102 valence electrons. The minimum atomic E-state index is -5.03. The molecule has 0 N–H and O–H groups in total. The molecular formula is C9H7F6NO2. The van der Waals surface area contributed by atoms with Crippen LogP contribution in [0.15, 0.2) is 12.3 Å². The Morgan fingerprint density at radius 3 is 2.22 bits per heavy atom. The van der Waals surface area contributed by atoms with E-state index < -0.39 is 40.7 Å². The molecule has 0 saturated heterocycles. The smallest absolute Gasteiger partial charge is 0.469 e. The standard InChI is InChI=1S/C9H7F6NO2/c1-18-7(17)4-6-5(8(10,11)12)2-3-16(6)9(13,14)15/h2-3H,4H2,1H3. The van der Waals surface area contributed by atoms with Gasteiger partial charge in [0.1, 0.15) is 0 Å². The van der Waals surface area contributed by atoms with E-state index in [4.69, 9.17) is 0 Å². The average molecular weight is 275 g/mol. The third-order valence-corrected chi connectivity index (χ3v) is 2.11. The summed E-state index contributed by atoms with van der Waals surface area (Å²) in [6.07, 6.45) is -10.9. The van der Waals surface area contributed by atoms with E-state index >= 15 is 0 Å². The monoisotopic (exact) mass is 275 g/mol. The second-order valence-electron chi connectivity index (χ2n) is 3.26. The first kappa shape index (κ1) is 14.4. The molecule has 0 bridgehead atoms. The van der Waals surface area contributed by atoms with Crippen LogP contribution in [0, 0.1) is 0 Å². The van der Waals surface area contributed by atoms with Gasteiger partial charge in [0.05, 0.1) is 19.1 Å². The molecule has 0 unspecified atom stereocenters. The molecule has 0 aliphatic heterocycles. The first-order valence-electron chi connectivity index (χ1n) is 4.48. The zero-order valence-electron chi connectivity index (χ0n) is 8.89. The molecule has 1 rings (SSSR count). The normalized spacial score (nSPS) is 12.6. The van der Waals surface area contributed by atoms with Crippen LogP contribution in [0.4, 0.5) is 26.3 Å². The number of hydrogen-bond donors (Lipinski definition) is 0. The Labute approximate surface area is 96.9 Å². The van der Waals surface area contributed by atoms with Crippen LogP contribution >= 0.6 is 0 Å². The summed E-state index contributed by atoms with van der Waals surface area (Å²) in [7, 11) is 0.871. The van der Waals surface area contributed by atoms with E-state index in [9.17, 15) is 31.1 Å². The lowest BCUT2D eigenvalue weighted by Gasteiger charge is -2.14. The van der Waals surface area contributed by atoms with Gasteiger partial charge in [-0.1, -0.05) is 0 Å². The topological polar surface area (TPSA) is 31.2 Å². The summed E-state index contributed by atoms with van der Waals surface area (Å²) in [5.74, 6) is -1.19. The summed E-state index contributed by atoms with van der Waals surface area (Å²) in [6.45, 7) is 0. The van der Waals surface area contributed by atoms with E-state index in [1.54, 1.807) is 0 Å². The molecule has 0 amide bonds. The molecule has 0 radical (unpaired) electrons. The zero-order valence-corrected chi connectivity index (χ0v) is 8.89. The van der Waals surface area contributed by atoms with Crippen LogP contribution in [0.25, 0.3) is 0 Å². The van der Waals surface area contributed by atoms with Crippen LogP contribution in [0.1, 0.15) is 11.3 Å². The lowest BCUT2D eigenvalue weighted by atomic mass is 10.2. The van der Waals surface area contributed by atoms with Gasteiger partial charge in [0.25, 0.3) is 0 Å². The minimum absolute atomic E-state index is 0.223. The van der Waals surface area contributed by atoms with Gasteiger partial charge in [0.15, 0.2) is 0 Å². The highest BCUT2D eigenvalue weighted by Gasteiger charge is 2.41. The second kappa shape index (κ2) is 4.54. The molecule has 18 heavy (non-hydrogen) atoms. The number of alkyl halides is 6. The zero-order chi connectivity index (χ0) is 14.1. The molecule has 1 heterocycles. The van der Waals surface area contributed by atoms with Gasteiger partial charge in [-0.05, 0) is 6.07 Å². The highest BCUT2D eigenvalue weighted by atomic mass is 19.4. The third kappa shape index (κ3) is 2.96. The molecule has 1 aromatic rings. The number of methoxy groups -OCH3 is 1. The van der Waals surface area contributed by atoms with Crippen molar-refractivity contribution in [3.63, 3.8) is 0 Å². The molecule has 9 heteroatoms. The van der Waals surface area contributed by atoms with Crippen LogP contribution in [0.3, 0.4) is 0 Å². The summed E-state index contributed by atoms with van der Waals surface area (Å²) in [5, 5.41) is 0. The summed E-state index contributed by atoms with van der Waals surface area (Å²) in [5.41, 5.74) is -2.70. The van der Waals surface area contributed by atoms with Crippen molar-refractivity contribution < 1.29 is 35.9 Å². The van der Waals surface area contributed by atoms with Crippen LogP contribution in [0.5, 0.6) is 0 Å². The molecule has 0 aromatic carbocycles. The molecule has 1 aromatic heterocycles. The first-order valence-corrected chi connectivity index (χ1v) is 4.48. The number of rotatable bonds is 2. The summed E-state index contributed by atoms with van der Waals surface area (Å²) < 4.78 is 78.3. The largest absolute Gasteiger partial charge is 0.488 e. The average Bonchev–Trinajstić information content (AvgIpc) is 2.59. The summed E-state index contributed by atoms with van der Waals surface area (Å²) >= 11 is 0. The van der Waals surface area contributed by atoms with Crippen molar-refractivity contribution in [3.05, 3.63) is 23.5 Å². The van der Waals surface area contributed by atoms with E-state index in [2.05, 4.69) is 4.74 Å². The molecular weight excluding hydrogens is 268 g/mol. The Kier molecular flexibility index (Phi) is 3.63. The Morgan fingerprint density at radius 1 is 1.28 bits per heavy atom. The maximum Gasteiger partial charge on any atom is 0.488 e. The summed E-state index contributed by atoms with van der Waals surface area (Å²) in [6, 6.07) is 0.270. The number of carbonyl (C=O) groups is 1. The van der Waals surface area contributed by atoms with Crippen LogP contribution in [-0.4, -0.2) is 17.6 Å². The van der Waals surface area contributed by atoms with Gasteiger partial charge in [-0.15, -0.1) is 13.2 Å². The first-order chi connectivity index (χ1) is 8.07. The molecule has 0 spiro atoms. The summed E-state index contributed by atoms with van der Waals surface area (Å²) in [4.78, 5) is 10.9. The highest BCUT2D eigenvalue weighted by Crippen LogP contribution is 2.36. The fourth-order valence-corrected chi connectivity index (χ4v) is 1.35. The van der Waals surface area contributed by atoms with Crippen molar-refractivity contribution in [1.29, 1.82) is 0 Å². The van der Waals surface area contributed by atoms with Crippen molar-refractivity contribution in [2.45, 2.75) is 18.9 Å². The Morgan fingerprint density at radius 2 is 1.83 bits per heavy atom. The predicted octanol–water partition coefficient (Wildman–Crippen LogP) is 2.70. The quantitative estimate of drug-likeness (QED) is 0.614. The maximum atomic E-state index is 12.5. The Balaban J connectivity index is 3.31. The van der Waals surface area contributed by atoms with E-state index in [0.717, 1.165) is 7.11 Å². The molecule has 0 aliphatic carbocycles. The second-order valence-corrected chi connectivity index (χ2v) is 3.26. The molecule has 0 saturated carbocycles. The lowest BCUT2D eigenvalue weighted by Crippen LogP contribution is -2.23. The van der Waals surface area contributed by atoms with Crippen LogP contribution in [0.2, 0.25) is 0 Å². The number of carbonyl (C=O) groups excluding carboxylic acids is 1. The number of ether oxygens (including phenoxy) is 1. The van der Waals surface area contributed by atoms with E-state index in [-0.39, 0.29) is 12.3 Å². The number of hydrogen-bond acceptors (Lipinski definition) is 2. The van der Waals surface area contributed by atoms with Crippen molar-refractivity contribution in [3.8, 4) is 0 Å². The van der Waals surface area contributed by atoms with Crippen LogP contribution < -0.4 is 0 Å². The molecule has 3 nitrogen and oxygen atoms in total. The van der Waals surface area contributed by atoms with Gasteiger partial charge >= 0.3 is 18.4 Å². The van der Waals surface area contributed by atoms with Gasteiger partial charge in [0.2, 0.25) is 0 Å². The molecule has 0 aliphatic rings. The minimum Gasteiger partial charge on any atom is -0.469 e. The van der Waals surface area contributed by atoms with Gasteiger partial charge in [-0.25, -0.2) is 0 Å². The number of nitrogens with zero attached hydrogens (tertiary/aromatic N) is 1. The number of esters is 1. The fraction of sp³-hybridized carbons (Fsp3) is 0.444. The molecule has 0 fully saturated rings. The number of halogens is 6. The molecule has 0 atom stereocenters. The van der Waals surface area contributed by atoms with Crippen molar-refractivity contribution in [2.75, 3.05) is 7.11 Å². The highest BCUT2D eigenvalue weighted by molar-refractivity contribution is 5.72. The third-order valence-electron chi connectivity index (χ3n) is 2.11. The van der Waals surface area contributed by atoms with Crippen LogP contribution in [-0.2, 0) is 28.4 Å². The number of aromatic nitrogens is 1. The van der Waals surface area contributed by atoms with Crippen molar-refractivity contribution in [1.82, 2.24) is 4.57 Å². The van der Waals surface area contributed by atoms with Gasteiger partial charge < -0.3 is 4.74 Å². The SMILES string of the molecule is COC(=O)Cc1c(C(F)(F)F)ccn1C(F)(F)F. The van der Waals surface area contributed by atoms with E-state index in [1.165, 1.54) is 0 Å². The van der Waals surface area contributed by atoms with Gasteiger partial charge in [0, 0.05) is 11.9 Å².